The minimum absolute atomic E-state index is 0.0685. The van der Waals surface area contributed by atoms with E-state index in [-0.39, 0.29) is 24.9 Å². The lowest BCUT2D eigenvalue weighted by Crippen LogP contribution is -2.46. The zero-order chi connectivity index (χ0) is 43.8. The molecular formula is C54H101NO5. The molecule has 3 unspecified atom stereocenters. The van der Waals surface area contributed by atoms with Crippen molar-refractivity contribution >= 4 is 11.9 Å². The van der Waals surface area contributed by atoms with Gasteiger partial charge in [-0.3, -0.25) is 9.59 Å². The number of allylic oxidation sites excluding steroid dienone is 6. The number of esters is 1. The molecule has 60 heavy (non-hydrogen) atoms. The SMILES string of the molecule is CC/C=C/C/C=C/CCCCCCCC(CC(=O)NC(CO)C(O)CCCCCCCCCCCCCC)OC(=O)CCCCCCCCC/C=C/CCCCCCCC. The van der Waals surface area contributed by atoms with Gasteiger partial charge in [-0.05, 0) is 77.0 Å². The Labute approximate surface area is 373 Å². The monoisotopic (exact) mass is 844 g/mol. The van der Waals surface area contributed by atoms with Crippen molar-refractivity contribution in [2.45, 2.75) is 289 Å². The summed E-state index contributed by atoms with van der Waals surface area (Å²) < 4.78 is 5.93. The summed E-state index contributed by atoms with van der Waals surface area (Å²) in [7, 11) is 0. The van der Waals surface area contributed by atoms with E-state index in [4.69, 9.17) is 4.74 Å². The van der Waals surface area contributed by atoms with Crippen LogP contribution in [0, 0.1) is 0 Å². The van der Waals surface area contributed by atoms with Gasteiger partial charge in [-0.15, -0.1) is 0 Å². The number of amides is 1. The topological polar surface area (TPSA) is 95.9 Å². The van der Waals surface area contributed by atoms with Gasteiger partial charge in [0.25, 0.3) is 0 Å². The third-order valence-electron chi connectivity index (χ3n) is 12.0. The number of nitrogens with one attached hydrogen (secondary N) is 1. The maximum Gasteiger partial charge on any atom is 0.306 e. The fourth-order valence-corrected chi connectivity index (χ4v) is 7.99. The van der Waals surface area contributed by atoms with Gasteiger partial charge in [-0.25, -0.2) is 0 Å². The van der Waals surface area contributed by atoms with E-state index in [1.165, 1.54) is 148 Å². The average molecular weight is 844 g/mol. The highest BCUT2D eigenvalue weighted by molar-refractivity contribution is 5.77. The van der Waals surface area contributed by atoms with Crippen molar-refractivity contribution in [3.63, 3.8) is 0 Å². The van der Waals surface area contributed by atoms with Crippen molar-refractivity contribution in [3.05, 3.63) is 36.5 Å². The van der Waals surface area contributed by atoms with Gasteiger partial charge >= 0.3 is 5.97 Å². The molecule has 0 rings (SSSR count). The molecule has 6 nitrogen and oxygen atoms in total. The van der Waals surface area contributed by atoms with E-state index in [9.17, 15) is 19.8 Å². The Hall–Kier alpha value is -1.92. The molecule has 3 N–H and O–H groups in total. The lowest BCUT2D eigenvalue weighted by Gasteiger charge is -2.24. The fourth-order valence-electron chi connectivity index (χ4n) is 7.99. The van der Waals surface area contributed by atoms with Gasteiger partial charge < -0.3 is 20.3 Å². The molecule has 0 saturated heterocycles. The van der Waals surface area contributed by atoms with Crippen LogP contribution in [0.5, 0.6) is 0 Å². The fraction of sp³-hybridized carbons (Fsp3) is 0.852. The molecule has 0 aromatic heterocycles. The summed E-state index contributed by atoms with van der Waals surface area (Å²) in [4.78, 5) is 26.1. The zero-order valence-corrected chi connectivity index (χ0v) is 40.1. The molecule has 0 radical (unpaired) electrons. The molecule has 0 aliphatic heterocycles. The summed E-state index contributed by atoms with van der Waals surface area (Å²) in [6.07, 6.45) is 56.3. The number of ether oxygens (including phenoxy) is 1. The largest absolute Gasteiger partial charge is 0.462 e. The second kappa shape index (κ2) is 48.1. The molecule has 0 saturated carbocycles. The molecule has 0 fully saturated rings. The van der Waals surface area contributed by atoms with Gasteiger partial charge in [-0.1, -0.05) is 218 Å². The number of rotatable bonds is 47. The molecule has 0 bridgehead atoms. The molecule has 0 aromatic carbocycles. The molecule has 3 atom stereocenters. The van der Waals surface area contributed by atoms with E-state index in [2.05, 4.69) is 62.5 Å². The number of unbranched alkanes of at least 4 members (excludes halogenated alkanes) is 29. The van der Waals surface area contributed by atoms with E-state index in [0.29, 0.717) is 19.3 Å². The molecule has 352 valence electrons. The first kappa shape index (κ1) is 58.1. The van der Waals surface area contributed by atoms with Crippen LogP contribution in [0.25, 0.3) is 0 Å². The first-order chi connectivity index (χ1) is 29.5. The lowest BCUT2D eigenvalue weighted by molar-refractivity contribution is -0.151. The summed E-state index contributed by atoms with van der Waals surface area (Å²) >= 11 is 0. The van der Waals surface area contributed by atoms with Gasteiger partial charge in [0.2, 0.25) is 5.91 Å². The standard InChI is InChI=1S/C54H101NO5/c1-4-7-10-13-16-19-22-25-26-27-28-29-32-35-38-41-44-47-54(59)60-50(45-42-39-36-33-30-23-20-17-14-11-8-5-2)48-53(58)55-51(49-56)52(57)46-43-40-37-34-31-24-21-18-15-12-9-6-3/h8,11,17,20,25-26,50-52,56-57H,4-7,9-10,12-16,18-19,21-24,27-49H2,1-3H3,(H,55,58)/b11-8+,20-17+,26-25+. The minimum atomic E-state index is -0.790. The molecule has 0 heterocycles. The molecule has 0 aliphatic carbocycles. The number of carbonyl (C=O) groups is 2. The van der Waals surface area contributed by atoms with Gasteiger partial charge in [0.15, 0.2) is 0 Å². The van der Waals surface area contributed by atoms with Crippen LogP contribution in [0.15, 0.2) is 36.5 Å². The normalized spacial score (nSPS) is 13.5. The summed E-state index contributed by atoms with van der Waals surface area (Å²) in [5, 5.41) is 23.7. The molecule has 0 aliphatic rings. The van der Waals surface area contributed by atoms with E-state index >= 15 is 0 Å². The Balaban J connectivity index is 4.53. The number of carbonyl (C=O) groups excluding carboxylic acids is 2. The Morgan fingerprint density at radius 3 is 1.37 bits per heavy atom. The third kappa shape index (κ3) is 42.8. The van der Waals surface area contributed by atoms with Crippen molar-refractivity contribution < 1.29 is 24.5 Å². The highest BCUT2D eigenvalue weighted by Crippen LogP contribution is 2.18. The van der Waals surface area contributed by atoms with Crippen molar-refractivity contribution in [3.8, 4) is 0 Å². The van der Waals surface area contributed by atoms with Crippen LogP contribution in [-0.4, -0.2) is 46.9 Å². The van der Waals surface area contributed by atoms with Crippen LogP contribution in [0.2, 0.25) is 0 Å². The maximum atomic E-state index is 13.2. The molecule has 0 spiro atoms. The summed E-state index contributed by atoms with van der Waals surface area (Å²) in [6, 6.07) is -0.704. The van der Waals surface area contributed by atoms with Gasteiger partial charge in [0.1, 0.15) is 6.10 Å². The van der Waals surface area contributed by atoms with Crippen LogP contribution < -0.4 is 5.32 Å². The Morgan fingerprint density at radius 1 is 0.500 bits per heavy atom. The highest BCUT2D eigenvalue weighted by atomic mass is 16.5. The van der Waals surface area contributed by atoms with E-state index < -0.39 is 18.2 Å². The minimum Gasteiger partial charge on any atom is -0.462 e. The van der Waals surface area contributed by atoms with Crippen LogP contribution in [0.4, 0.5) is 0 Å². The molecular weight excluding hydrogens is 743 g/mol. The van der Waals surface area contributed by atoms with Crippen LogP contribution in [0.3, 0.4) is 0 Å². The number of hydrogen-bond acceptors (Lipinski definition) is 5. The van der Waals surface area contributed by atoms with Crippen molar-refractivity contribution in [1.82, 2.24) is 5.32 Å². The van der Waals surface area contributed by atoms with Gasteiger partial charge in [-0.2, -0.15) is 0 Å². The number of aliphatic hydroxyl groups excluding tert-OH is 2. The Bertz CT molecular complexity index is 993. The number of hydrogen-bond donors (Lipinski definition) is 3. The molecule has 1 amide bonds. The van der Waals surface area contributed by atoms with E-state index in [1.54, 1.807) is 0 Å². The molecule has 0 aromatic rings. The smallest absolute Gasteiger partial charge is 0.306 e. The third-order valence-corrected chi connectivity index (χ3v) is 12.0. The van der Waals surface area contributed by atoms with E-state index in [1.807, 2.05) is 0 Å². The predicted octanol–water partition coefficient (Wildman–Crippen LogP) is 15.7. The van der Waals surface area contributed by atoms with Crippen molar-refractivity contribution in [2.75, 3.05) is 6.61 Å². The predicted molar refractivity (Wildman–Crippen MR) is 259 cm³/mol. The summed E-state index contributed by atoms with van der Waals surface area (Å²) in [6.45, 7) is 6.38. The van der Waals surface area contributed by atoms with Crippen LogP contribution in [-0.2, 0) is 14.3 Å². The lowest BCUT2D eigenvalue weighted by atomic mass is 10.0. The first-order valence-corrected chi connectivity index (χ1v) is 26.2. The van der Waals surface area contributed by atoms with Gasteiger partial charge in [0, 0.05) is 6.42 Å². The second-order valence-corrected chi connectivity index (χ2v) is 17.9. The van der Waals surface area contributed by atoms with Crippen molar-refractivity contribution in [1.29, 1.82) is 0 Å². The van der Waals surface area contributed by atoms with Crippen LogP contribution >= 0.6 is 0 Å². The average Bonchev–Trinajstić information content (AvgIpc) is 3.24. The Kier molecular flexibility index (Phi) is 46.6. The van der Waals surface area contributed by atoms with Gasteiger partial charge in [0.05, 0.1) is 25.2 Å². The van der Waals surface area contributed by atoms with Crippen molar-refractivity contribution in [2.24, 2.45) is 0 Å². The van der Waals surface area contributed by atoms with E-state index in [0.717, 1.165) is 77.0 Å². The highest BCUT2D eigenvalue weighted by Gasteiger charge is 2.24. The summed E-state index contributed by atoms with van der Waals surface area (Å²) in [5.41, 5.74) is 0. The second-order valence-electron chi connectivity index (χ2n) is 17.9. The maximum absolute atomic E-state index is 13.2. The zero-order valence-electron chi connectivity index (χ0n) is 40.1. The van der Waals surface area contributed by atoms with Crippen LogP contribution in [0.1, 0.15) is 271 Å². The number of aliphatic hydroxyl groups is 2. The Morgan fingerprint density at radius 2 is 0.900 bits per heavy atom. The first-order valence-electron chi connectivity index (χ1n) is 26.2. The molecule has 6 heteroatoms. The quantitative estimate of drug-likeness (QED) is 0.0322. The summed E-state index contributed by atoms with van der Waals surface area (Å²) in [5.74, 6) is -0.485.